The highest BCUT2D eigenvalue weighted by atomic mass is 16.4. The molecule has 114 valence electrons. The van der Waals surface area contributed by atoms with Crippen molar-refractivity contribution in [3.63, 3.8) is 0 Å². The van der Waals surface area contributed by atoms with Gasteiger partial charge < -0.3 is 10.2 Å². The van der Waals surface area contributed by atoms with Gasteiger partial charge in [0.25, 0.3) is 0 Å². The molecule has 1 aliphatic rings. The van der Waals surface area contributed by atoms with Crippen molar-refractivity contribution in [3.05, 3.63) is 66.1 Å². The van der Waals surface area contributed by atoms with Crippen molar-refractivity contribution in [1.29, 1.82) is 0 Å². The Hall–Kier alpha value is -3.54. The number of fused-ring (bicyclic) bond motifs is 4. The number of H-pyrrole nitrogens is 1. The van der Waals surface area contributed by atoms with Crippen LogP contribution >= 0.6 is 0 Å². The number of hydrogen-bond acceptors (Lipinski definition) is 5. The molecule has 2 aromatic heterocycles. The molecule has 2 N–H and O–H groups in total. The Morgan fingerprint density at radius 2 is 1.71 bits per heavy atom. The van der Waals surface area contributed by atoms with Crippen molar-refractivity contribution in [1.82, 2.24) is 19.9 Å². The maximum atomic E-state index is 9.48. The molecule has 0 radical (unpaired) electrons. The topological polar surface area (TPSA) is 87.1 Å². The van der Waals surface area contributed by atoms with E-state index >= 15 is 0 Å². The Kier molecular flexibility index (Phi) is 2.55. The molecule has 0 fully saturated rings. The van der Waals surface area contributed by atoms with E-state index in [-0.39, 0.29) is 0 Å². The van der Waals surface area contributed by atoms with E-state index in [0.29, 0.717) is 11.4 Å². The molecule has 4 aromatic rings. The van der Waals surface area contributed by atoms with Gasteiger partial charge in [-0.2, -0.15) is 0 Å². The molecule has 0 amide bonds. The third kappa shape index (κ3) is 1.65. The third-order valence-corrected chi connectivity index (χ3v) is 4.29. The second-order valence-electron chi connectivity index (χ2n) is 5.57. The van der Waals surface area contributed by atoms with Crippen molar-refractivity contribution in [2.45, 2.75) is 0 Å². The van der Waals surface area contributed by atoms with Crippen molar-refractivity contribution in [2.24, 2.45) is 5.16 Å². The zero-order valence-corrected chi connectivity index (χ0v) is 12.4. The first-order valence-corrected chi connectivity index (χ1v) is 7.48. The largest absolute Gasteiger partial charge is 0.410 e. The van der Waals surface area contributed by atoms with Crippen LogP contribution in [0.1, 0.15) is 11.1 Å². The lowest BCUT2D eigenvalue weighted by atomic mass is 9.99. The van der Waals surface area contributed by atoms with Gasteiger partial charge in [0.05, 0.1) is 6.20 Å². The lowest BCUT2D eigenvalue weighted by Crippen LogP contribution is -1.97. The van der Waals surface area contributed by atoms with Gasteiger partial charge >= 0.3 is 0 Å². The lowest BCUT2D eigenvalue weighted by Gasteiger charge is -2.06. The predicted octanol–water partition coefficient (Wildman–Crippen LogP) is 3.23. The van der Waals surface area contributed by atoms with E-state index in [0.717, 1.165) is 39.2 Å². The van der Waals surface area contributed by atoms with Crippen molar-refractivity contribution in [3.8, 4) is 22.5 Å². The highest BCUT2D eigenvalue weighted by Crippen LogP contribution is 2.42. The summed E-state index contributed by atoms with van der Waals surface area (Å²) < 4.78 is 0. The first-order chi connectivity index (χ1) is 11.9. The molecule has 1 aliphatic carbocycles. The summed E-state index contributed by atoms with van der Waals surface area (Å²) in [5.41, 5.74) is 6.78. The molecule has 0 saturated heterocycles. The average Bonchev–Trinajstić information content (AvgIpc) is 3.20. The smallest absolute Gasteiger partial charge is 0.181 e. The van der Waals surface area contributed by atoms with E-state index in [9.17, 15) is 5.21 Å². The van der Waals surface area contributed by atoms with Crippen LogP contribution in [0.4, 0.5) is 0 Å². The predicted molar refractivity (Wildman–Crippen MR) is 90.0 cm³/mol. The number of imidazole rings is 1. The van der Waals surface area contributed by atoms with Gasteiger partial charge in [0.15, 0.2) is 5.65 Å². The standard InChI is InChI=1S/C18H11N5O/c24-23-16-11-5-2-1-4-10(11)15-12(16)6-3-7-13(15)17-21-14-8-19-9-20-18(14)22-17/h1-9,24H,(H,19,20,21,22)/b23-16-. The molecule has 0 saturated carbocycles. The third-order valence-electron chi connectivity index (χ3n) is 4.29. The Morgan fingerprint density at radius 1 is 0.917 bits per heavy atom. The van der Waals surface area contributed by atoms with Crippen LogP contribution in [0.5, 0.6) is 0 Å². The number of nitrogens with zero attached hydrogens (tertiary/aromatic N) is 4. The monoisotopic (exact) mass is 313 g/mol. The van der Waals surface area contributed by atoms with Crippen LogP contribution in [-0.4, -0.2) is 30.9 Å². The van der Waals surface area contributed by atoms with Gasteiger partial charge in [-0.3, -0.25) is 0 Å². The van der Waals surface area contributed by atoms with Crippen LogP contribution in [0.3, 0.4) is 0 Å². The number of aromatic amines is 1. The molecule has 6 heteroatoms. The zero-order valence-electron chi connectivity index (χ0n) is 12.4. The Labute approximate surface area is 136 Å². The molecular formula is C18H11N5O. The van der Waals surface area contributed by atoms with Gasteiger partial charge in [0.2, 0.25) is 0 Å². The quantitative estimate of drug-likeness (QED) is 0.367. The molecule has 6 nitrogen and oxygen atoms in total. The average molecular weight is 313 g/mol. The Morgan fingerprint density at radius 3 is 2.54 bits per heavy atom. The number of rotatable bonds is 1. The summed E-state index contributed by atoms with van der Waals surface area (Å²) in [5, 5.41) is 13.0. The highest BCUT2D eigenvalue weighted by molar-refractivity contribution is 6.26. The summed E-state index contributed by atoms with van der Waals surface area (Å²) in [6.07, 6.45) is 3.19. The van der Waals surface area contributed by atoms with Crippen LogP contribution in [0.2, 0.25) is 0 Å². The van der Waals surface area contributed by atoms with Gasteiger partial charge in [0, 0.05) is 22.3 Å². The van der Waals surface area contributed by atoms with E-state index in [1.807, 2.05) is 42.5 Å². The summed E-state index contributed by atoms with van der Waals surface area (Å²) in [4.78, 5) is 16.0. The van der Waals surface area contributed by atoms with Gasteiger partial charge in [0.1, 0.15) is 23.4 Å². The maximum Gasteiger partial charge on any atom is 0.181 e. The van der Waals surface area contributed by atoms with Gasteiger partial charge in [-0.25, -0.2) is 15.0 Å². The zero-order chi connectivity index (χ0) is 16.1. The van der Waals surface area contributed by atoms with E-state index < -0.39 is 0 Å². The molecule has 0 bridgehead atoms. The van der Waals surface area contributed by atoms with Crippen LogP contribution < -0.4 is 0 Å². The molecule has 2 aromatic carbocycles. The number of aromatic nitrogens is 4. The minimum Gasteiger partial charge on any atom is -0.410 e. The van der Waals surface area contributed by atoms with E-state index in [1.54, 1.807) is 6.20 Å². The molecule has 0 atom stereocenters. The van der Waals surface area contributed by atoms with Crippen LogP contribution in [-0.2, 0) is 0 Å². The molecule has 0 aliphatic heterocycles. The summed E-state index contributed by atoms with van der Waals surface area (Å²) >= 11 is 0. The fraction of sp³-hybridized carbons (Fsp3) is 0. The minimum absolute atomic E-state index is 0.582. The first-order valence-electron chi connectivity index (χ1n) is 7.48. The Balaban J connectivity index is 1.84. The summed E-state index contributed by atoms with van der Waals surface area (Å²) in [6.45, 7) is 0. The fourth-order valence-electron chi connectivity index (χ4n) is 3.29. The van der Waals surface area contributed by atoms with Crippen molar-refractivity contribution in [2.75, 3.05) is 0 Å². The van der Waals surface area contributed by atoms with E-state index in [2.05, 4.69) is 25.1 Å². The molecular weight excluding hydrogens is 302 g/mol. The second kappa shape index (κ2) is 4.73. The number of nitrogens with one attached hydrogen (secondary N) is 1. The number of benzene rings is 2. The van der Waals surface area contributed by atoms with E-state index in [1.165, 1.54) is 6.33 Å². The maximum absolute atomic E-state index is 9.48. The van der Waals surface area contributed by atoms with Crippen LogP contribution in [0, 0.1) is 0 Å². The summed E-state index contributed by atoms with van der Waals surface area (Å²) in [5.74, 6) is 0.719. The van der Waals surface area contributed by atoms with E-state index in [4.69, 9.17) is 0 Å². The van der Waals surface area contributed by atoms with Gasteiger partial charge in [-0.15, -0.1) is 0 Å². The Bertz CT molecular complexity index is 1100. The number of hydrogen-bond donors (Lipinski definition) is 2. The minimum atomic E-state index is 0.582. The second-order valence-corrected chi connectivity index (χ2v) is 5.57. The molecule has 0 spiro atoms. The first kappa shape index (κ1) is 13.0. The molecule has 0 unspecified atom stereocenters. The SMILES string of the molecule is O/N=C1/c2ccccc2-c2c1cccc2-c1nc2ncncc2[nH]1. The van der Waals surface area contributed by atoms with Crippen molar-refractivity contribution >= 4 is 16.9 Å². The van der Waals surface area contributed by atoms with Crippen LogP contribution in [0.25, 0.3) is 33.7 Å². The lowest BCUT2D eigenvalue weighted by molar-refractivity contribution is 0.320. The molecule has 5 rings (SSSR count). The van der Waals surface area contributed by atoms with Crippen molar-refractivity contribution < 1.29 is 5.21 Å². The fourth-order valence-corrected chi connectivity index (χ4v) is 3.29. The summed E-state index contributed by atoms with van der Waals surface area (Å²) in [7, 11) is 0. The molecule has 2 heterocycles. The van der Waals surface area contributed by atoms with Crippen LogP contribution in [0.15, 0.2) is 60.1 Å². The van der Waals surface area contributed by atoms with Gasteiger partial charge in [-0.05, 0) is 5.56 Å². The number of oxime groups is 1. The molecule has 24 heavy (non-hydrogen) atoms. The summed E-state index contributed by atoms with van der Waals surface area (Å²) in [6, 6.07) is 13.8. The normalized spacial score (nSPS) is 14.1. The highest BCUT2D eigenvalue weighted by Gasteiger charge is 2.28. The van der Waals surface area contributed by atoms with Gasteiger partial charge in [-0.1, -0.05) is 47.6 Å².